The van der Waals surface area contributed by atoms with E-state index in [1.165, 1.54) is 19.2 Å². The minimum Gasteiger partial charge on any atom is -0.468 e. The van der Waals surface area contributed by atoms with Gasteiger partial charge in [-0.05, 0) is 42.3 Å². The van der Waals surface area contributed by atoms with Gasteiger partial charge in [0.1, 0.15) is 17.7 Å². The Morgan fingerprint density at radius 2 is 1.97 bits per heavy atom. The van der Waals surface area contributed by atoms with E-state index in [1.54, 1.807) is 48.5 Å². The van der Waals surface area contributed by atoms with Crippen molar-refractivity contribution in [3.8, 4) is 17.3 Å². The van der Waals surface area contributed by atoms with Gasteiger partial charge in [0.25, 0.3) is 5.91 Å². The minimum absolute atomic E-state index is 0.118. The number of ether oxygens (including phenoxy) is 1. The summed E-state index contributed by atoms with van der Waals surface area (Å²) in [5, 5.41) is 15.2. The van der Waals surface area contributed by atoms with Crippen LogP contribution in [0.2, 0.25) is 0 Å². The van der Waals surface area contributed by atoms with E-state index in [9.17, 15) is 19.2 Å². The molecule has 9 heteroatoms. The van der Waals surface area contributed by atoms with Crippen LogP contribution < -0.4 is 16.4 Å². The van der Waals surface area contributed by atoms with Crippen LogP contribution in [0.3, 0.4) is 0 Å². The van der Waals surface area contributed by atoms with E-state index in [4.69, 9.17) is 5.73 Å². The number of nitrogens with one attached hydrogen (secondary N) is 2. The van der Waals surface area contributed by atoms with Gasteiger partial charge in [0.15, 0.2) is 0 Å². The zero-order valence-electron chi connectivity index (χ0n) is 18.5. The van der Waals surface area contributed by atoms with Crippen LogP contribution in [0, 0.1) is 17.1 Å². The van der Waals surface area contributed by atoms with Crippen LogP contribution in [0.15, 0.2) is 60.7 Å². The number of anilines is 1. The van der Waals surface area contributed by atoms with E-state index in [0.717, 1.165) is 5.56 Å². The van der Waals surface area contributed by atoms with Gasteiger partial charge >= 0.3 is 5.97 Å². The highest BCUT2D eigenvalue weighted by Gasteiger charge is 2.19. The van der Waals surface area contributed by atoms with Crippen molar-refractivity contribution in [3.63, 3.8) is 0 Å². The lowest BCUT2D eigenvalue weighted by molar-refractivity contribution is -0.141. The molecule has 3 rings (SSSR count). The monoisotopic (exact) mass is 461 g/mol. The number of methoxy groups -OCH3 is 1. The maximum atomic E-state index is 13.5. The van der Waals surface area contributed by atoms with Crippen molar-refractivity contribution in [2.24, 2.45) is 5.73 Å². The zero-order valence-corrected chi connectivity index (χ0v) is 18.5. The van der Waals surface area contributed by atoms with Crippen LogP contribution >= 0.6 is 0 Å². The average molecular weight is 461 g/mol. The highest BCUT2D eigenvalue weighted by Crippen LogP contribution is 2.25. The standard InChI is InChI=1S/C25H24FN5O3/c1-34-25(33)21(28)15-30-24(32)20-9-10-22(19-8-3-2-6-17(19)14-27)31-23(20)29-12-11-16-5-4-7-18(26)13-16/h2-10,13,21H,11-12,15,28H2,1H3,(H,29,31)(H,30,32)/t21-/m1/s1. The smallest absolute Gasteiger partial charge is 0.324 e. The molecule has 0 saturated heterocycles. The summed E-state index contributed by atoms with van der Waals surface area (Å²) in [4.78, 5) is 28.9. The first kappa shape index (κ1) is 24.4. The van der Waals surface area contributed by atoms with E-state index in [-0.39, 0.29) is 23.7 Å². The maximum absolute atomic E-state index is 13.5. The Morgan fingerprint density at radius 1 is 1.18 bits per heavy atom. The summed E-state index contributed by atoms with van der Waals surface area (Å²) in [5.41, 5.74) is 8.29. The Balaban J connectivity index is 1.85. The molecule has 0 radical (unpaired) electrons. The van der Waals surface area contributed by atoms with E-state index >= 15 is 0 Å². The number of aromatic nitrogens is 1. The summed E-state index contributed by atoms with van der Waals surface area (Å²) in [6.07, 6.45) is 0.493. The Hall–Kier alpha value is -4.29. The fourth-order valence-corrected chi connectivity index (χ4v) is 3.28. The number of benzene rings is 2. The van der Waals surface area contributed by atoms with E-state index < -0.39 is 17.9 Å². The number of pyridine rings is 1. The molecule has 1 atom stereocenters. The number of hydrogen-bond donors (Lipinski definition) is 3. The fourth-order valence-electron chi connectivity index (χ4n) is 3.28. The third kappa shape index (κ3) is 6.15. The normalized spacial score (nSPS) is 11.2. The van der Waals surface area contributed by atoms with Crippen molar-refractivity contribution < 1.29 is 18.7 Å². The minimum atomic E-state index is -1.01. The van der Waals surface area contributed by atoms with Crippen LogP contribution in [0.25, 0.3) is 11.3 Å². The van der Waals surface area contributed by atoms with Gasteiger partial charge in [0.2, 0.25) is 0 Å². The third-order valence-electron chi connectivity index (χ3n) is 5.04. The van der Waals surface area contributed by atoms with Crippen LogP contribution in [-0.2, 0) is 16.0 Å². The largest absolute Gasteiger partial charge is 0.468 e. The van der Waals surface area contributed by atoms with Gasteiger partial charge in [0.05, 0.1) is 30.0 Å². The van der Waals surface area contributed by atoms with Gasteiger partial charge in [-0.15, -0.1) is 0 Å². The third-order valence-corrected chi connectivity index (χ3v) is 5.04. The van der Waals surface area contributed by atoms with Crippen LogP contribution in [-0.4, -0.2) is 43.1 Å². The Labute approximate surface area is 196 Å². The number of nitriles is 1. The van der Waals surface area contributed by atoms with E-state index in [2.05, 4.69) is 26.4 Å². The molecule has 0 saturated carbocycles. The average Bonchev–Trinajstić information content (AvgIpc) is 2.86. The molecule has 2 aromatic carbocycles. The summed E-state index contributed by atoms with van der Waals surface area (Å²) in [6, 6.07) is 17.6. The summed E-state index contributed by atoms with van der Waals surface area (Å²) in [7, 11) is 1.21. The molecular weight excluding hydrogens is 437 g/mol. The molecule has 0 unspecified atom stereocenters. The predicted octanol–water partition coefficient (Wildman–Crippen LogP) is 2.64. The van der Waals surface area contributed by atoms with Crippen molar-refractivity contribution >= 4 is 17.7 Å². The quantitative estimate of drug-likeness (QED) is 0.418. The van der Waals surface area contributed by atoms with Crippen molar-refractivity contribution in [2.45, 2.75) is 12.5 Å². The number of nitrogens with two attached hydrogens (primary N) is 1. The van der Waals surface area contributed by atoms with E-state index in [1.807, 2.05) is 0 Å². The molecule has 4 N–H and O–H groups in total. The summed E-state index contributed by atoms with van der Waals surface area (Å²) in [5.74, 6) is -1.17. The Morgan fingerprint density at radius 3 is 2.71 bits per heavy atom. The second kappa shape index (κ2) is 11.5. The molecule has 1 amide bonds. The number of carbonyl (C=O) groups is 2. The first-order valence-electron chi connectivity index (χ1n) is 10.5. The molecule has 8 nitrogen and oxygen atoms in total. The number of carbonyl (C=O) groups excluding carboxylic acids is 2. The molecule has 0 aliphatic carbocycles. The lowest BCUT2D eigenvalue weighted by Crippen LogP contribution is -2.43. The molecule has 1 heterocycles. The van der Waals surface area contributed by atoms with Gasteiger partial charge in [-0.1, -0.05) is 30.3 Å². The fraction of sp³-hybridized carbons (Fsp3) is 0.200. The Kier molecular flexibility index (Phi) is 8.26. The highest BCUT2D eigenvalue weighted by molar-refractivity contribution is 5.99. The molecule has 0 fully saturated rings. The van der Waals surface area contributed by atoms with Gasteiger partial charge in [-0.2, -0.15) is 5.26 Å². The molecule has 34 heavy (non-hydrogen) atoms. The molecule has 174 valence electrons. The summed E-state index contributed by atoms with van der Waals surface area (Å²) < 4.78 is 18.0. The SMILES string of the molecule is COC(=O)[C@H](N)CNC(=O)c1ccc(-c2ccccc2C#N)nc1NCCc1cccc(F)c1. The van der Waals surface area contributed by atoms with Crippen LogP contribution in [0.1, 0.15) is 21.5 Å². The molecule has 0 bridgehead atoms. The Bertz CT molecular complexity index is 1230. The molecule has 0 aliphatic heterocycles. The van der Waals surface area contributed by atoms with Crippen LogP contribution in [0.4, 0.5) is 10.2 Å². The second-order valence-corrected chi connectivity index (χ2v) is 7.40. The van der Waals surface area contributed by atoms with Gasteiger partial charge in [-0.3, -0.25) is 9.59 Å². The number of halogens is 1. The molecule has 0 spiro atoms. The number of esters is 1. The topological polar surface area (TPSA) is 130 Å². The van der Waals surface area contributed by atoms with Gasteiger partial charge in [-0.25, -0.2) is 9.37 Å². The van der Waals surface area contributed by atoms with Crippen molar-refractivity contribution in [3.05, 3.63) is 83.2 Å². The van der Waals surface area contributed by atoms with Crippen molar-refractivity contribution in [2.75, 3.05) is 25.5 Å². The van der Waals surface area contributed by atoms with Gasteiger partial charge < -0.3 is 21.1 Å². The number of amides is 1. The molecular formula is C25H24FN5O3. The predicted molar refractivity (Wildman–Crippen MR) is 125 cm³/mol. The summed E-state index contributed by atoms with van der Waals surface area (Å²) >= 11 is 0. The molecule has 3 aromatic rings. The summed E-state index contributed by atoms with van der Waals surface area (Å²) in [6.45, 7) is 0.259. The van der Waals surface area contributed by atoms with E-state index in [0.29, 0.717) is 29.8 Å². The second-order valence-electron chi connectivity index (χ2n) is 7.40. The molecule has 1 aromatic heterocycles. The van der Waals surface area contributed by atoms with Gasteiger partial charge in [0, 0.05) is 18.7 Å². The maximum Gasteiger partial charge on any atom is 0.324 e. The highest BCUT2D eigenvalue weighted by atomic mass is 19.1. The first-order valence-corrected chi connectivity index (χ1v) is 10.5. The van der Waals surface area contributed by atoms with Crippen molar-refractivity contribution in [1.82, 2.24) is 10.3 Å². The van der Waals surface area contributed by atoms with Crippen LogP contribution in [0.5, 0.6) is 0 Å². The number of hydrogen-bond acceptors (Lipinski definition) is 7. The van der Waals surface area contributed by atoms with Crippen molar-refractivity contribution in [1.29, 1.82) is 5.26 Å². The lowest BCUT2D eigenvalue weighted by Gasteiger charge is -2.15. The number of nitrogens with zero attached hydrogens (tertiary/aromatic N) is 2. The lowest BCUT2D eigenvalue weighted by atomic mass is 10.0. The zero-order chi connectivity index (χ0) is 24.5. The molecule has 0 aliphatic rings. The first-order chi connectivity index (χ1) is 16.4. The number of rotatable bonds is 9.